The van der Waals surface area contributed by atoms with Crippen molar-refractivity contribution in [3.63, 3.8) is 0 Å². The van der Waals surface area contributed by atoms with Crippen LogP contribution in [0, 0.1) is 19.7 Å². The fraction of sp³-hybridized carbons (Fsp3) is 0.316. The quantitative estimate of drug-likeness (QED) is 0.727. The van der Waals surface area contributed by atoms with Gasteiger partial charge in [-0.25, -0.2) is 14.1 Å². The molecule has 1 aliphatic rings. The molecule has 2 aromatic heterocycles. The number of carbonyl (C=O) groups is 1. The van der Waals surface area contributed by atoms with Crippen molar-refractivity contribution >= 4 is 5.91 Å². The first-order chi connectivity index (χ1) is 12.5. The van der Waals surface area contributed by atoms with Crippen molar-refractivity contribution < 1.29 is 9.18 Å². The van der Waals surface area contributed by atoms with Crippen LogP contribution in [0.1, 0.15) is 23.9 Å². The topological polar surface area (TPSA) is 56.0 Å². The highest BCUT2D eigenvalue weighted by atomic mass is 19.1. The van der Waals surface area contributed by atoms with E-state index in [1.165, 1.54) is 12.1 Å². The van der Waals surface area contributed by atoms with Gasteiger partial charge in [0.25, 0.3) is 0 Å². The number of imidazole rings is 1. The molecule has 1 atom stereocenters. The predicted octanol–water partition coefficient (Wildman–Crippen LogP) is 2.89. The summed E-state index contributed by atoms with van der Waals surface area (Å²) in [7, 11) is 1.79. The lowest BCUT2D eigenvalue weighted by Crippen LogP contribution is -2.24. The molecule has 3 aromatic rings. The van der Waals surface area contributed by atoms with Crippen LogP contribution in [0.15, 0.2) is 36.7 Å². The zero-order chi connectivity index (χ0) is 18.4. The molecule has 134 valence electrons. The molecule has 4 rings (SSSR count). The number of rotatable bonds is 3. The Hall–Kier alpha value is -2.96. The summed E-state index contributed by atoms with van der Waals surface area (Å²) in [5, 5.41) is 4.52. The van der Waals surface area contributed by atoms with E-state index in [0.29, 0.717) is 24.4 Å². The molecule has 1 amide bonds. The average molecular weight is 353 g/mol. The highest BCUT2D eigenvalue weighted by Gasteiger charge is 2.32. The third kappa shape index (κ3) is 2.60. The highest BCUT2D eigenvalue weighted by molar-refractivity contribution is 5.83. The predicted molar refractivity (Wildman–Crippen MR) is 95.5 cm³/mol. The van der Waals surface area contributed by atoms with E-state index in [9.17, 15) is 9.18 Å². The maximum atomic E-state index is 14.1. The van der Waals surface area contributed by atoms with Crippen LogP contribution in [-0.2, 0) is 4.79 Å². The second-order valence-electron chi connectivity index (χ2n) is 6.72. The van der Waals surface area contributed by atoms with Crippen LogP contribution >= 0.6 is 0 Å². The molecule has 1 saturated heterocycles. The van der Waals surface area contributed by atoms with Gasteiger partial charge in [0.05, 0.1) is 11.4 Å². The number of likely N-dealkylation sites (tertiary alicyclic amines) is 1. The van der Waals surface area contributed by atoms with Crippen LogP contribution in [0.3, 0.4) is 0 Å². The van der Waals surface area contributed by atoms with E-state index in [1.807, 2.05) is 24.5 Å². The SMILES string of the molecule is Cc1cc(C)n(-c2ccc(F)cc2-c2nccn2C2CCN(C)C2=O)n1. The number of aromatic nitrogens is 4. The van der Waals surface area contributed by atoms with Gasteiger partial charge in [-0.15, -0.1) is 0 Å². The minimum Gasteiger partial charge on any atom is -0.344 e. The fourth-order valence-electron chi connectivity index (χ4n) is 3.58. The molecule has 1 aromatic carbocycles. The molecule has 3 heterocycles. The first-order valence-corrected chi connectivity index (χ1v) is 8.57. The Kier molecular flexibility index (Phi) is 3.86. The van der Waals surface area contributed by atoms with Crippen molar-refractivity contribution in [1.29, 1.82) is 0 Å². The van der Waals surface area contributed by atoms with Gasteiger partial charge in [-0.05, 0) is 44.5 Å². The summed E-state index contributed by atoms with van der Waals surface area (Å²) in [4.78, 5) is 18.6. The smallest absolute Gasteiger partial charge is 0.245 e. The lowest BCUT2D eigenvalue weighted by molar-refractivity contribution is -0.129. The first-order valence-electron chi connectivity index (χ1n) is 8.57. The molecule has 0 bridgehead atoms. The lowest BCUT2D eigenvalue weighted by atomic mass is 10.1. The molecule has 0 spiro atoms. The van der Waals surface area contributed by atoms with Crippen LogP contribution in [0.25, 0.3) is 17.1 Å². The number of hydrogen-bond donors (Lipinski definition) is 0. The van der Waals surface area contributed by atoms with Crippen molar-refractivity contribution in [1.82, 2.24) is 24.2 Å². The Morgan fingerprint density at radius 3 is 2.69 bits per heavy atom. The number of benzene rings is 1. The Balaban J connectivity index is 1.88. The van der Waals surface area contributed by atoms with Gasteiger partial charge in [-0.2, -0.15) is 5.10 Å². The minimum absolute atomic E-state index is 0.0494. The second kappa shape index (κ2) is 6.09. The van der Waals surface area contributed by atoms with Crippen molar-refractivity contribution in [2.75, 3.05) is 13.6 Å². The molecule has 26 heavy (non-hydrogen) atoms. The molecule has 6 nitrogen and oxygen atoms in total. The Labute approximate surface area is 150 Å². The van der Waals surface area contributed by atoms with Gasteiger partial charge < -0.3 is 9.47 Å². The third-order valence-corrected chi connectivity index (χ3v) is 4.84. The van der Waals surface area contributed by atoms with Gasteiger partial charge >= 0.3 is 0 Å². The van der Waals surface area contributed by atoms with E-state index in [0.717, 1.165) is 17.1 Å². The lowest BCUT2D eigenvalue weighted by Gasteiger charge is -2.17. The summed E-state index contributed by atoms with van der Waals surface area (Å²) in [5.74, 6) is 0.267. The van der Waals surface area contributed by atoms with Gasteiger partial charge in [-0.3, -0.25) is 4.79 Å². The molecule has 0 saturated carbocycles. The van der Waals surface area contributed by atoms with E-state index >= 15 is 0 Å². The fourth-order valence-corrected chi connectivity index (χ4v) is 3.58. The zero-order valence-electron chi connectivity index (χ0n) is 15.0. The van der Waals surface area contributed by atoms with Gasteiger partial charge in [-0.1, -0.05) is 0 Å². The van der Waals surface area contributed by atoms with E-state index in [2.05, 4.69) is 10.1 Å². The molecule has 1 fully saturated rings. The van der Waals surface area contributed by atoms with E-state index < -0.39 is 0 Å². The maximum absolute atomic E-state index is 14.1. The van der Waals surface area contributed by atoms with Crippen LogP contribution in [-0.4, -0.2) is 43.7 Å². The molecule has 1 aliphatic heterocycles. The molecule has 1 unspecified atom stereocenters. The number of halogens is 1. The summed E-state index contributed by atoms with van der Waals surface area (Å²) in [6.07, 6.45) is 4.15. The standard InChI is InChI=1S/C19H20FN5O/c1-12-10-13(2)25(22-12)16-5-4-14(20)11-15(16)18-21-7-9-24(18)17-6-8-23(3)19(17)26/h4-5,7,9-11,17H,6,8H2,1-3H3. The number of carbonyl (C=O) groups excluding carboxylic acids is 1. The Bertz CT molecular complexity index is 990. The van der Waals surface area contributed by atoms with E-state index in [4.69, 9.17) is 0 Å². The number of aryl methyl sites for hydroxylation is 2. The van der Waals surface area contributed by atoms with E-state index in [1.54, 1.807) is 35.1 Å². The number of nitrogens with zero attached hydrogens (tertiary/aromatic N) is 5. The number of amides is 1. The van der Waals surface area contributed by atoms with Gasteiger partial charge in [0.15, 0.2) is 0 Å². The van der Waals surface area contributed by atoms with Crippen LogP contribution in [0.4, 0.5) is 4.39 Å². The van der Waals surface area contributed by atoms with Crippen LogP contribution in [0.2, 0.25) is 0 Å². The van der Waals surface area contributed by atoms with Gasteiger partial charge in [0.1, 0.15) is 17.7 Å². The number of likely N-dealkylation sites (N-methyl/N-ethyl adjacent to an activating group) is 1. The van der Waals surface area contributed by atoms with E-state index in [-0.39, 0.29) is 17.8 Å². The minimum atomic E-state index is -0.352. The summed E-state index contributed by atoms with van der Waals surface area (Å²) < 4.78 is 17.7. The second-order valence-corrected chi connectivity index (χ2v) is 6.72. The Morgan fingerprint density at radius 2 is 2.04 bits per heavy atom. The molecule has 0 radical (unpaired) electrons. The first kappa shape index (κ1) is 16.5. The van der Waals surface area contributed by atoms with Crippen molar-refractivity contribution in [3.05, 3.63) is 53.9 Å². The number of hydrogen-bond acceptors (Lipinski definition) is 3. The van der Waals surface area contributed by atoms with Crippen molar-refractivity contribution in [2.24, 2.45) is 0 Å². The molecule has 0 N–H and O–H groups in total. The third-order valence-electron chi connectivity index (χ3n) is 4.84. The molecular formula is C19H20FN5O. The summed E-state index contributed by atoms with van der Waals surface area (Å²) >= 11 is 0. The van der Waals surface area contributed by atoms with Crippen LogP contribution < -0.4 is 0 Å². The molecule has 7 heteroatoms. The summed E-state index contributed by atoms with van der Waals surface area (Å²) in [6, 6.07) is 6.22. The van der Waals surface area contributed by atoms with Crippen molar-refractivity contribution in [3.8, 4) is 17.1 Å². The normalized spacial score (nSPS) is 17.3. The monoisotopic (exact) mass is 353 g/mol. The van der Waals surface area contributed by atoms with Crippen molar-refractivity contribution in [2.45, 2.75) is 26.3 Å². The Morgan fingerprint density at radius 1 is 1.23 bits per heavy atom. The highest BCUT2D eigenvalue weighted by Crippen LogP contribution is 2.32. The summed E-state index contributed by atoms with van der Waals surface area (Å²) in [6.45, 7) is 4.57. The average Bonchev–Trinajstić information content (AvgIpc) is 3.28. The molecule has 0 aliphatic carbocycles. The van der Waals surface area contributed by atoms with Gasteiger partial charge in [0, 0.05) is 37.2 Å². The molecular weight excluding hydrogens is 333 g/mol. The van der Waals surface area contributed by atoms with Crippen LogP contribution in [0.5, 0.6) is 0 Å². The van der Waals surface area contributed by atoms with Gasteiger partial charge in [0.2, 0.25) is 5.91 Å². The zero-order valence-corrected chi connectivity index (χ0v) is 15.0. The largest absolute Gasteiger partial charge is 0.344 e. The maximum Gasteiger partial charge on any atom is 0.245 e. The summed E-state index contributed by atoms with van der Waals surface area (Å²) in [5.41, 5.74) is 3.19.